The molecule has 4 N–H and O–H groups in total. The predicted octanol–water partition coefficient (Wildman–Crippen LogP) is 2.76. The number of fused-ring (bicyclic) bond motifs is 1. The van der Waals surface area contributed by atoms with Crippen LogP contribution in [0, 0.1) is 11.4 Å². The number of aromatic hydroxyl groups is 1. The molecule has 0 aliphatic heterocycles. The summed E-state index contributed by atoms with van der Waals surface area (Å²) in [4.78, 5) is 0. The standard InChI is InChI=1S/C15H12FN3O/c16-14-13(15(17)18)11-3-1-2-4-12(11)19(14)9-5-7-10(20)8-6-9/h1-8,20H,(H3,17,18). The Morgan fingerprint density at radius 3 is 2.40 bits per heavy atom. The summed E-state index contributed by atoms with van der Waals surface area (Å²) in [5, 5.41) is 17.5. The van der Waals surface area contributed by atoms with Crippen molar-refractivity contribution in [1.82, 2.24) is 4.57 Å². The van der Waals surface area contributed by atoms with Crippen LogP contribution in [0.4, 0.5) is 4.39 Å². The second-order valence-electron chi connectivity index (χ2n) is 4.45. The van der Waals surface area contributed by atoms with Crippen LogP contribution in [-0.4, -0.2) is 15.5 Å². The fraction of sp³-hybridized carbons (Fsp3) is 0. The average Bonchev–Trinajstić information content (AvgIpc) is 2.72. The molecule has 0 radical (unpaired) electrons. The number of benzene rings is 2. The van der Waals surface area contributed by atoms with Crippen molar-refractivity contribution in [2.24, 2.45) is 5.73 Å². The number of hydrogen-bond donors (Lipinski definition) is 3. The van der Waals surface area contributed by atoms with Gasteiger partial charge in [0.05, 0.1) is 11.1 Å². The average molecular weight is 269 g/mol. The summed E-state index contributed by atoms with van der Waals surface area (Å²) < 4.78 is 16.0. The number of nitrogens with one attached hydrogen (secondary N) is 1. The van der Waals surface area contributed by atoms with Gasteiger partial charge in [-0.25, -0.2) is 0 Å². The number of nitrogens with two attached hydrogens (primary N) is 1. The van der Waals surface area contributed by atoms with Gasteiger partial charge in [0, 0.05) is 11.1 Å². The first-order valence-electron chi connectivity index (χ1n) is 6.02. The largest absolute Gasteiger partial charge is 0.508 e. The molecule has 0 saturated carbocycles. The fourth-order valence-electron chi connectivity index (χ4n) is 2.32. The normalized spacial score (nSPS) is 10.8. The molecule has 0 aliphatic rings. The second kappa shape index (κ2) is 4.38. The number of halogens is 1. The molecule has 0 unspecified atom stereocenters. The van der Waals surface area contributed by atoms with E-state index in [1.165, 1.54) is 16.7 Å². The Labute approximate surface area is 114 Å². The monoisotopic (exact) mass is 269 g/mol. The maximum absolute atomic E-state index is 14.6. The quantitative estimate of drug-likeness (QED) is 0.494. The summed E-state index contributed by atoms with van der Waals surface area (Å²) in [5.74, 6) is -0.780. The van der Waals surface area contributed by atoms with E-state index < -0.39 is 5.95 Å². The number of nitrogens with zero attached hydrogens (tertiary/aromatic N) is 1. The van der Waals surface area contributed by atoms with Gasteiger partial charge < -0.3 is 10.8 Å². The lowest BCUT2D eigenvalue weighted by molar-refractivity contribution is 0.475. The molecule has 5 heteroatoms. The highest BCUT2D eigenvalue weighted by atomic mass is 19.1. The molecule has 20 heavy (non-hydrogen) atoms. The van der Waals surface area contributed by atoms with Crippen molar-refractivity contribution in [2.75, 3.05) is 0 Å². The van der Waals surface area contributed by atoms with Crippen LogP contribution >= 0.6 is 0 Å². The van der Waals surface area contributed by atoms with Crippen LogP contribution in [0.25, 0.3) is 16.6 Å². The third-order valence-electron chi connectivity index (χ3n) is 3.19. The molecule has 0 aliphatic carbocycles. The van der Waals surface area contributed by atoms with Crippen LogP contribution in [0.3, 0.4) is 0 Å². The molecule has 1 aromatic heterocycles. The molecule has 3 rings (SSSR count). The summed E-state index contributed by atoms with van der Waals surface area (Å²) in [6.45, 7) is 0. The van der Waals surface area contributed by atoms with Gasteiger partial charge >= 0.3 is 0 Å². The van der Waals surface area contributed by atoms with Crippen molar-refractivity contribution in [3.8, 4) is 11.4 Å². The Morgan fingerprint density at radius 1 is 1.10 bits per heavy atom. The van der Waals surface area contributed by atoms with E-state index in [9.17, 15) is 9.50 Å². The number of aromatic nitrogens is 1. The van der Waals surface area contributed by atoms with Gasteiger partial charge in [0.1, 0.15) is 11.6 Å². The highest BCUT2D eigenvalue weighted by Gasteiger charge is 2.19. The van der Waals surface area contributed by atoms with Crippen LogP contribution in [0.15, 0.2) is 48.5 Å². The topological polar surface area (TPSA) is 75.0 Å². The highest BCUT2D eigenvalue weighted by Crippen LogP contribution is 2.28. The Hall–Kier alpha value is -2.82. The number of phenolic OH excluding ortho intramolecular Hbond substituents is 1. The summed E-state index contributed by atoms with van der Waals surface area (Å²) in [6, 6.07) is 13.2. The molecule has 0 fully saturated rings. The van der Waals surface area contributed by atoms with Gasteiger partial charge in [0.25, 0.3) is 0 Å². The minimum atomic E-state index is -0.579. The number of rotatable bonds is 2. The van der Waals surface area contributed by atoms with E-state index in [0.717, 1.165) is 0 Å². The Bertz CT molecular complexity index is 806. The van der Waals surface area contributed by atoms with E-state index in [1.54, 1.807) is 36.4 Å². The zero-order chi connectivity index (χ0) is 14.3. The van der Waals surface area contributed by atoms with E-state index in [4.69, 9.17) is 11.1 Å². The second-order valence-corrected chi connectivity index (χ2v) is 4.45. The lowest BCUT2D eigenvalue weighted by Crippen LogP contribution is -2.13. The molecule has 0 bridgehead atoms. The predicted molar refractivity (Wildman–Crippen MR) is 75.9 cm³/mol. The van der Waals surface area contributed by atoms with Crippen LogP contribution in [-0.2, 0) is 0 Å². The van der Waals surface area contributed by atoms with Gasteiger partial charge in [0.2, 0.25) is 5.95 Å². The first kappa shape index (κ1) is 12.2. The minimum absolute atomic E-state index is 0.0914. The van der Waals surface area contributed by atoms with Crippen LogP contribution < -0.4 is 5.73 Å². The summed E-state index contributed by atoms with van der Waals surface area (Å²) in [7, 11) is 0. The van der Waals surface area contributed by atoms with Crippen molar-refractivity contribution in [2.45, 2.75) is 0 Å². The molecule has 4 nitrogen and oxygen atoms in total. The first-order valence-corrected chi connectivity index (χ1v) is 6.02. The van der Waals surface area contributed by atoms with Crippen LogP contribution in [0.5, 0.6) is 5.75 Å². The number of hydrogen-bond acceptors (Lipinski definition) is 2. The molecule has 2 aromatic carbocycles. The van der Waals surface area contributed by atoms with Gasteiger partial charge in [-0.2, -0.15) is 4.39 Å². The Kier molecular flexibility index (Phi) is 2.68. The van der Waals surface area contributed by atoms with Crippen molar-refractivity contribution < 1.29 is 9.50 Å². The maximum atomic E-state index is 14.6. The van der Waals surface area contributed by atoms with Crippen molar-refractivity contribution >= 4 is 16.7 Å². The molecule has 0 saturated heterocycles. The van der Waals surface area contributed by atoms with Crippen LogP contribution in [0.2, 0.25) is 0 Å². The highest BCUT2D eigenvalue weighted by molar-refractivity contribution is 6.08. The maximum Gasteiger partial charge on any atom is 0.210 e. The van der Waals surface area contributed by atoms with Gasteiger partial charge in [-0.15, -0.1) is 0 Å². The van der Waals surface area contributed by atoms with E-state index in [-0.39, 0.29) is 17.1 Å². The van der Waals surface area contributed by atoms with Crippen molar-refractivity contribution in [1.29, 1.82) is 5.41 Å². The summed E-state index contributed by atoms with van der Waals surface area (Å²) >= 11 is 0. The van der Waals surface area contributed by atoms with Gasteiger partial charge in [0.15, 0.2) is 0 Å². The number of phenols is 1. The molecule has 0 amide bonds. The lowest BCUT2D eigenvalue weighted by Gasteiger charge is -2.06. The van der Waals surface area contributed by atoms with Crippen LogP contribution in [0.1, 0.15) is 5.56 Å². The molecular formula is C15H12FN3O. The smallest absolute Gasteiger partial charge is 0.210 e. The minimum Gasteiger partial charge on any atom is -0.508 e. The zero-order valence-corrected chi connectivity index (χ0v) is 10.5. The van der Waals surface area contributed by atoms with Gasteiger partial charge in [-0.05, 0) is 30.3 Å². The van der Waals surface area contributed by atoms with E-state index >= 15 is 0 Å². The van der Waals surface area contributed by atoms with E-state index in [1.807, 2.05) is 0 Å². The molecule has 0 atom stereocenters. The Morgan fingerprint density at radius 2 is 1.75 bits per heavy atom. The zero-order valence-electron chi connectivity index (χ0n) is 10.5. The molecular weight excluding hydrogens is 257 g/mol. The Balaban J connectivity index is 2.38. The number of amidine groups is 1. The molecule has 1 heterocycles. The van der Waals surface area contributed by atoms with E-state index in [0.29, 0.717) is 16.6 Å². The molecule has 100 valence electrons. The number of para-hydroxylation sites is 1. The van der Waals surface area contributed by atoms with Gasteiger partial charge in [-0.3, -0.25) is 9.98 Å². The summed E-state index contributed by atoms with van der Waals surface area (Å²) in [5.41, 5.74) is 6.76. The van der Waals surface area contributed by atoms with E-state index in [2.05, 4.69) is 0 Å². The summed E-state index contributed by atoms with van der Waals surface area (Å²) in [6.07, 6.45) is 0. The third-order valence-corrected chi connectivity index (χ3v) is 3.19. The molecule has 0 spiro atoms. The number of nitrogen functional groups attached to an aromatic ring is 1. The first-order chi connectivity index (χ1) is 9.59. The van der Waals surface area contributed by atoms with Gasteiger partial charge in [-0.1, -0.05) is 18.2 Å². The van der Waals surface area contributed by atoms with Crippen molar-refractivity contribution in [3.63, 3.8) is 0 Å². The molecule has 3 aromatic rings. The SMILES string of the molecule is N=C(N)c1c(F)n(-c2ccc(O)cc2)c2ccccc12. The lowest BCUT2D eigenvalue weighted by atomic mass is 10.1. The third kappa shape index (κ3) is 1.72. The fourth-order valence-corrected chi connectivity index (χ4v) is 2.32. The van der Waals surface area contributed by atoms with Crippen molar-refractivity contribution in [3.05, 3.63) is 60.0 Å².